The molecule has 2 rings (SSSR count). The van der Waals surface area contributed by atoms with Crippen LogP contribution < -0.4 is 10.1 Å². The Morgan fingerprint density at radius 1 is 1.08 bits per heavy atom. The van der Waals surface area contributed by atoms with Gasteiger partial charge in [-0.2, -0.15) is 8.42 Å². The lowest BCUT2D eigenvalue weighted by Crippen LogP contribution is -2.10. The summed E-state index contributed by atoms with van der Waals surface area (Å²) in [5.41, 5.74) is 1.22. The molecule has 0 bridgehead atoms. The number of rotatable bonds is 5. The first-order valence-corrected chi connectivity index (χ1v) is 8.31. The molecule has 0 aliphatic carbocycles. The predicted octanol–water partition coefficient (Wildman–Crippen LogP) is 3.19. The van der Waals surface area contributed by atoms with Gasteiger partial charge >= 0.3 is 5.97 Å². The van der Waals surface area contributed by atoms with E-state index in [0.717, 1.165) is 5.49 Å². The van der Waals surface area contributed by atoms with Crippen molar-refractivity contribution in [3.63, 3.8) is 0 Å². The van der Waals surface area contributed by atoms with Crippen LogP contribution in [0.15, 0.2) is 48.5 Å². The lowest BCUT2D eigenvalue weighted by atomic mass is 10.3. The zero-order chi connectivity index (χ0) is 17.9. The molecule has 128 valence electrons. The van der Waals surface area contributed by atoms with E-state index in [0.29, 0.717) is 15.7 Å². The molecule has 6 nitrogen and oxygen atoms in total. The maximum Gasteiger partial charge on any atom is 0.341 e. The molecule has 0 heterocycles. The van der Waals surface area contributed by atoms with E-state index in [4.69, 9.17) is 33.0 Å². The molecule has 0 spiro atoms. The summed E-state index contributed by atoms with van der Waals surface area (Å²) < 4.78 is 25.5. The molecular weight excluding hydrogens is 377 g/mol. The molecule has 0 saturated carbocycles. The van der Waals surface area contributed by atoms with E-state index in [1.54, 1.807) is 30.3 Å². The minimum atomic E-state index is -2.35. The molecule has 0 amide bonds. The average Bonchev–Trinajstić information content (AvgIpc) is 2.55. The highest BCUT2D eigenvalue weighted by Gasteiger charge is 2.03. The van der Waals surface area contributed by atoms with Crippen molar-refractivity contribution in [2.45, 2.75) is 0 Å². The van der Waals surface area contributed by atoms with Crippen LogP contribution in [0.4, 0.5) is 5.69 Å². The Kier molecular flexibility index (Phi) is 8.70. The van der Waals surface area contributed by atoms with E-state index >= 15 is 0 Å². The van der Waals surface area contributed by atoms with Gasteiger partial charge in [0, 0.05) is 0 Å². The molecule has 0 aliphatic rings. The topological polar surface area (TPSA) is 92.7 Å². The van der Waals surface area contributed by atoms with Crippen LogP contribution in [0.5, 0.6) is 5.75 Å². The Morgan fingerprint density at radius 3 is 2.12 bits per heavy atom. The van der Waals surface area contributed by atoms with Gasteiger partial charge in [0.2, 0.25) is 10.3 Å². The summed E-state index contributed by atoms with van der Waals surface area (Å²) in [5, 5.41) is 12.1. The number of benzene rings is 2. The van der Waals surface area contributed by atoms with E-state index < -0.39 is 22.9 Å². The SMILES string of the molecule is Clc1ccccc1Cl.O=C(O)COc1ccccc1NC=S(=O)=O. The normalized spacial score (nSPS) is 9.25. The van der Waals surface area contributed by atoms with Crippen LogP contribution in [0, 0.1) is 0 Å². The van der Waals surface area contributed by atoms with Crippen molar-refractivity contribution in [3.05, 3.63) is 58.6 Å². The van der Waals surface area contributed by atoms with E-state index in [-0.39, 0.29) is 5.75 Å². The Labute approximate surface area is 150 Å². The maximum atomic E-state index is 10.3. The van der Waals surface area contributed by atoms with Gasteiger partial charge in [0.1, 0.15) is 11.2 Å². The summed E-state index contributed by atoms with van der Waals surface area (Å²) in [6.07, 6.45) is 0. The number of hydrogen-bond acceptors (Lipinski definition) is 4. The van der Waals surface area contributed by atoms with Crippen molar-refractivity contribution in [1.82, 2.24) is 0 Å². The van der Waals surface area contributed by atoms with Gasteiger partial charge in [-0.3, -0.25) is 0 Å². The largest absolute Gasteiger partial charge is 0.480 e. The third kappa shape index (κ3) is 7.87. The molecule has 0 saturated heterocycles. The first kappa shape index (κ1) is 19.8. The van der Waals surface area contributed by atoms with Crippen molar-refractivity contribution in [2.75, 3.05) is 11.9 Å². The van der Waals surface area contributed by atoms with Crippen molar-refractivity contribution >= 4 is 50.6 Å². The maximum absolute atomic E-state index is 10.3. The number of anilines is 1. The summed E-state index contributed by atoms with van der Waals surface area (Å²) in [6, 6.07) is 13.6. The van der Waals surface area contributed by atoms with Crippen LogP contribution in [-0.4, -0.2) is 31.6 Å². The smallest absolute Gasteiger partial charge is 0.341 e. The zero-order valence-corrected chi connectivity index (χ0v) is 14.5. The molecule has 0 unspecified atom stereocenters. The summed E-state index contributed by atoms with van der Waals surface area (Å²) in [5.74, 6) is -0.835. The number of hydrogen-bond donors (Lipinski definition) is 2. The van der Waals surface area contributed by atoms with Crippen molar-refractivity contribution < 1.29 is 23.1 Å². The molecule has 0 atom stereocenters. The minimum absolute atomic E-state index is 0.270. The second-order valence-corrected chi connectivity index (χ2v) is 5.69. The van der Waals surface area contributed by atoms with E-state index in [2.05, 4.69) is 5.32 Å². The Bertz CT molecular complexity index is 795. The molecule has 0 fully saturated rings. The third-order valence-electron chi connectivity index (χ3n) is 2.37. The molecule has 2 N–H and O–H groups in total. The quantitative estimate of drug-likeness (QED) is 0.762. The molecule has 9 heteroatoms. The number of aliphatic carboxylic acids is 1. The Hall–Kier alpha value is -2.22. The Morgan fingerprint density at radius 2 is 1.62 bits per heavy atom. The van der Waals surface area contributed by atoms with E-state index in [1.807, 2.05) is 12.1 Å². The standard InChI is InChI=1S/C9H9NO5S.C6H4Cl2/c11-9(12)5-15-8-4-2-1-3-7(8)10-6-16(13)14;7-5-3-1-2-4-6(5)8/h1-4,6,10H,5H2,(H,11,12);1-4H. The molecule has 2 aromatic rings. The summed E-state index contributed by atoms with van der Waals surface area (Å²) in [6.45, 7) is -0.487. The fourth-order valence-corrected chi connectivity index (χ4v) is 1.90. The second kappa shape index (κ2) is 10.5. The van der Waals surface area contributed by atoms with Crippen LogP contribution in [0.2, 0.25) is 10.0 Å². The number of carboxylic acids is 1. The van der Waals surface area contributed by atoms with E-state index in [9.17, 15) is 13.2 Å². The monoisotopic (exact) mass is 389 g/mol. The summed E-state index contributed by atoms with van der Waals surface area (Å²) >= 11 is 11.2. The number of nitrogens with one attached hydrogen (secondary N) is 1. The molecule has 0 aromatic heterocycles. The molecule has 24 heavy (non-hydrogen) atoms. The van der Waals surface area contributed by atoms with Crippen LogP contribution in [0.1, 0.15) is 0 Å². The van der Waals surface area contributed by atoms with Crippen molar-refractivity contribution in [1.29, 1.82) is 0 Å². The number of carbonyl (C=O) groups is 1. The van der Waals surface area contributed by atoms with E-state index in [1.165, 1.54) is 6.07 Å². The molecule has 2 aromatic carbocycles. The van der Waals surface area contributed by atoms with Gasteiger partial charge in [0.05, 0.1) is 15.7 Å². The highest BCUT2D eigenvalue weighted by Crippen LogP contribution is 2.22. The number of ether oxygens (including phenoxy) is 1. The Balaban J connectivity index is 0.000000300. The first-order chi connectivity index (χ1) is 11.4. The van der Waals surface area contributed by atoms with Gasteiger partial charge in [0.15, 0.2) is 6.61 Å². The van der Waals surface area contributed by atoms with Crippen molar-refractivity contribution in [2.24, 2.45) is 0 Å². The summed E-state index contributed by atoms with van der Waals surface area (Å²) in [4.78, 5) is 10.3. The van der Waals surface area contributed by atoms with Gasteiger partial charge in [-0.25, -0.2) is 4.79 Å². The summed E-state index contributed by atoms with van der Waals surface area (Å²) in [7, 11) is -2.35. The fraction of sp³-hybridized carbons (Fsp3) is 0.0667. The number of para-hydroxylation sites is 2. The minimum Gasteiger partial charge on any atom is -0.480 e. The van der Waals surface area contributed by atoms with Gasteiger partial charge in [-0.1, -0.05) is 47.5 Å². The van der Waals surface area contributed by atoms with Gasteiger partial charge < -0.3 is 15.2 Å². The number of halogens is 2. The molecule has 0 aliphatic heterocycles. The van der Waals surface area contributed by atoms with Gasteiger partial charge in [-0.05, 0) is 24.3 Å². The lowest BCUT2D eigenvalue weighted by Gasteiger charge is -2.08. The number of carboxylic acid groups (broad SMARTS) is 1. The first-order valence-electron chi connectivity index (χ1n) is 6.41. The van der Waals surface area contributed by atoms with Crippen LogP contribution in [0.25, 0.3) is 0 Å². The molecular formula is C15H13Cl2NO5S. The van der Waals surface area contributed by atoms with Crippen LogP contribution in [-0.2, 0) is 15.1 Å². The fourth-order valence-electron chi connectivity index (χ4n) is 1.40. The highest BCUT2D eigenvalue weighted by atomic mass is 35.5. The lowest BCUT2D eigenvalue weighted by molar-refractivity contribution is -0.139. The average molecular weight is 390 g/mol. The molecule has 0 radical (unpaired) electrons. The van der Waals surface area contributed by atoms with Crippen molar-refractivity contribution in [3.8, 4) is 5.75 Å². The predicted molar refractivity (Wildman–Crippen MR) is 94.6 cm³/mol. The van der Waals surface area contributed by atoms with Gasteiger partial charge in [-0.15, -0.1) is 0 Å². The van der Waals surface area contributed by atoms with Gasteiger partial charge in [0.25, 0.3) is 0 Å². The third-order valence-corrected chi connectivity index (χ3v) is 3.44. The highest BCUT2D eigenvalue weighted by molar-refractivity contribution is 7.71. The zero-order valence-electron chi connectivity index (χ0n) is 12.1. The second-order valence-electron chi connectivity index (χ2n) is 4.12. The van der Waals surface area contributed by atoms with Crippen LogP contribution in [0.3, 0.4) is 0 Å². The van der Waals surface area contributed by atoms with Crippen LogP contribution >= 0.6 is 23.2 Å².